The van der Waals surface area contributed by atoms with Gasteiger partial charge in [-0.05, 0) is 135 Å². The van der Waals surface area contributed by atoms with Gasteiger partial charge in [-0.25, -0.2) is 0 Å². The first-order valence-corrected chi connectivity index (χ1v) is 28.4. The Morgan fingerprint density at radius 1 is 0.314 bits per heavy atom. The van der Waals surface area contributed by atoms with Crippen molar-refractivity contribution in [2.75, 3.05) is 19.8 Å². The Balaban J connectivity index is 4.44. The van der Waals surface area contributed by atoms with E-state index in [2.05, 4.69) is 167 Å². The van der Waals surface area contributed by atoms with E-state index >= 15 is 0 Å². The minimum Gasteiger partial charge on any atom is -0.462 e. The van der Waals surface area contributed by atoms with Crippen LogP contribution in [-0.2, 0) is 23.8 Å². The van der Waals surface area contributed by atoms with E-state index in [1.807, 2.05) is 0 Å². The van der Waals surface area contributed by atoms with Crippen LogP contribution in [0.5, 0.6) is 0 Å². The lowest BCUT2D eigenvalue weighted by molar-refractivity contribution is -0.163. The summed E-state index contributed by atoms with van der Waals surface area (Å²) < 4.78 is 17.4. The van der Waals surface area contributed by atoms with Crippen LogP contribution in [0.15, 0.2) is 146 Å². The fraction of sp³-hybridized carbons (Fsp3) is 0.600. The van der Waals surface area contributed by atoms with Gasteiger partial charge in [-0.2, -0.15) is 0 Å². The van der Waals surface area contributed by atoms with Crippen molar-refractivity contribution < 1.29 is 23.8 Å². The number of carbonyl (C=O) groups excluding carboxylic acids is 2. The minimum atomic E-state index is -0.583. The SMILES string of the molecule is CC/C=C\C/C=C\C/C=C\C/C=C\C/C=C\CCCCOCC(COC(=O)CCCCCCCC/C=C\C/C=C\C/C=C\C/C=C\CC)OC(=O)CCCCCCCCC/C=C\C/C=C\C/C=C\CC. The van der Waals surface area contributed by atoms with Crippen molar-refractivity contribution >= 4 is 11.9 Å². The largest absolute Gasteiger partial charge is 0.462 e. The zero-order valence-electron chi connectivity index (χ0n) is 45.2. The molecule has 5 nitrogen and oxygen atoms in total. The van der Waals surface area contributed by atoms with Crippen LogP contribution in [0.25, 0.3) is 0 Å². The van der Waals surface area contributed by atoms with Gasteiger partial charge in [0.15, 0.2) is 6.10 Å². The third-order valence-corrected chi connectivity index (χ3v) is 11.4. The van der Waals surface area contributed by atoms with Crippen molar-refractivity contribution in [2.45, 2.75) is 232 Å². The minimum absolute atomic E-state index is 0.0461. The van der Waals surface area contributed by atoms with E-state index in [1.165, 1.54) is 44.9 Å². The lowest BCUT2D eigenvalue weighted by Gasteiger charge is -2.18. The number of allylic oxidation sites excluding steroid dienone is 24. The van der Waals surface area contributed by atoms with E-state index in [-0.39, 0.29) is 25.2 Å². The molecule has 0 rings (SSSR count). The van der Waals surface area contributed by atoms with E-state index in [0.29, 0.717) is 19.4 Å². The van der Waals surface area contributed by atoms with Gasteiger partial charge in [0.05, 0.1) is 6.61 Å². The van der Waals surface area contributed by atoms with Gasteiger partial charge in [0, 0.05) is 19.4 Å². The fourth-order valence-electron chi connectivity index (χ4n) is 7.25. The molecule has 394 valence electrons. The van der Waals surface area contributed by atoms with Crippen LogP contribution in [-0.4, -0.2) is 37.9 Å². The Kier molecular flexibility index (Phi) is 55.5. The van der Waals surface area contributed by atoms with Crippen molar-refractivity contribution in [2.24, 2.45) is 0 Å². The maximum absolute atomic E-state index is 12.9. The summed E-state index contributed by atoms with van der Waals surface area (Å²) in [5.41, 5.74) is 0. The Morgan fingerprint density at radius 2 is 0.600 bits per heavy atom. The monoisotopic (exact) mass is 965 g/mol. The van der Waals surface area contributed by atoms with Gasteiger partial charge in [-0.1, -0.05) is 224 Å². The third-order valence-electron chi connectivity index (χ3n) is 11.4. The molecule has 0 aliphatic rings. The van der Waals surface area contributed by atoms with Crippen LogP contribution in [0.4, 0.5) is 0 Å². The molecule has 0 saturated heterocycles. The zero-order valence-corrected chi connectivity index (χ0v) is 45.2. The normalized spacial score (nSPS) is 13.4. The van der Waals surface area contributed by atoms with Crippen LogP contribution < -0.4 is 0 Å². The van der Waals surface area contributed by atoms with E-state index in [9.17, 15) is 9.59 Å². The molecule has 0 radical (unpaired) electrons. The second-order valence-electron chi connectivity index (χ2n) is 18.0. The molecular weight excluding hydrogens is 861 g/mol. The molecule has 70 heavy (non-hydrogen) atoms. The summed E-state index contributed by atoms with van der Waals surface area (Å²) in [6, 6.07) is 0. The Hall–Kier alpha value is -4.22. The average molecular weight is 966 g/mol. The second kappa shape index (κ2) is 59.1. The van der Waals surface area contributed by atoms with E-state index in [1.54, 1.807) is 0 Å². The van der Waals surface area contributed by atoms with Crippen molar-refractivity contribution in [3.8, 4) is 0 Å². The van der Waals surface area contributed by atoms with Crippen LogP contribution in [0.2, 0.25) is 0 Å². The van der Waals surface area contributed by atoms with Gasteiger partial charge >= 0.3 is 11.9 Å². The number of hydrogen-bond acceptors (Lipinski definition) is 5. The number of rotatable bonds is 50. The Labute approximate surface area is 431 Å². The van der Waals surface area contributed by atoms with Crippen LogP contribution >= 0.6 is 0 Å². The highest BCUT2D eigenvalue weighted by molar-refractivity contribution is 5.70. The standard InChI is InChI=1S/C65H104O5/c1-4-7-10-13-16-19-22-25-28-31-33-35-37-40-43-46-49-52-55-58-64(66)69-62-63(61-68-60-57-54-51-48-45-42-39-36-32-29-26-23-20-17-14-11-8-5-2)70-65(67)59-56-53-50-47-44-41-38-34-30-27-24-21-18-15-12-9-6-3/h7-12,16-21,25-30,33,35-36,39,45,48,63H,4-6,13-15,22-24,31-32,34,37-38,40-44,46-47,49-62H2,1-3H3/b10-7-,11-8-,12-9-,19-16-,20-17-,21-18-,28-25-,29-26-,30-27-,35-33-,39-36-,48-45-. The summed E-state index contributed by atoms with van der Waals surface area (Å²) in [7, 11) is 0. The maximum Gasteiger partial charge on any atom is 0.306 e. The van der Waals surface area contributed by atoms with Gasteiger partial charge in [0.25, 0.3) is 0 Å². The molecule has 0 aliphatic heterocycles. The second-order valence-corrected chi connectivity index (χ2v) is 18.0. The Bertz CT molecular complexity index is 1510. The molecule has 0 aliphatic carbocycles. The number of unbranched alkanes of at least 4 members (excludes halogenated alkanes) is 15. The number of ether oxygens (including phenoxy) is 3. The lowest BCUT2D eigenvalue weighted by Crippen LogP contribution is -2.30. The summed E-state index contributed by atoms with van der Waals surface area (Å²) in [6.07, 6.45) is 85.8. The number of hydrogen-bond donors (Lipinski definition) is 0. The third kappa shape index (κ3) is 56.4. The highest BCUT2D eigenvalue weighted by Crippen LogP contribution is 2.13. The molecule has 0 saturated carbocycles. The highest BCUT2D eigenvalue weighted by atomic mass is 16.6. The molecule has 0 aromatic heterocycles. The van der Waals surface area contributed by atoms with Gasteiger partial charge in [-0.15, -0.1) is 0 Å². The van der Waals surface area contributed by atoms with Crippen molar-refractivity contribution in [1.82, 2.24) is 0 Å². The highest BCUT2D eigenvalue weighted by Gasteiger charge is 2.17. The van der Waals surface area contributed by atoms with Crippen LogP contribution in [0.3, 0.4) is 0 Å². The molecule has 1 atom stereocenters. The topological polar surface area (TPSA) is 61.8 Å². The molecule has 0 fully saturated rings. The summed E-state index contributed by atoms with van der Waals surface area (Å²) >= 11 is 0. The first kappa shape index (κ1) is 65.8. The molecule has 0 aromatic carbocycles. The zero-order chi connectivity index (χ0) is 50.6. The molecule has 0 heterocycles. The van der Waals surface area contributed by atoms with Crippen molar-refractivity contribution in [3.05, 3.63) is 146 Å². The predicted octanol–water partition coefficient (Wildman–Crippen LogP) is 19.7. The number of carbonyl (C=O) groups is 2. The average Bonchev–Trinajstić information content (AvgIpc) is 3.36. The maximum atomic E-state index is 12.9. The van der Waals surface area contributed by atoms with Crippen LogP contribution in [0.1, 0.15) is 226 Å². The molecule has 0 aromatic rings. The quantitative estimate of drug-likeness (QED) is 0.0345. The first-order chi connectivity index (χ1) is 34.6. The fourth-order valence-corrected chi connectivity index (χ4v) is 7.25. The van der Waals surface area contributed by atoms with Crippen LogP contribution in [0, 0.1) is 0 Å². The molecule has 1 unspecified atom stereocenters. The van der Waals surface area contributed by atoms with Gasteiger partial charge in [0.1, 0.15) is 6.61 Å². The molecular formula is C65H104O5. The molecule has 0 N–H and O–H groups in total. The number of esters is 2. The predicted molar refractivity (Wildman–Crippen MR) is 306 cm³/mol. The summed E-state index contributed by atoms with van der Waals surface area (Å²) in [4.78, 5) is 25.5. The molecule has 0 spiro atoms. The molecule has 5 heteroatoms. The summed E-state index contributed by atoms with van der Waals surface area (Å²) in [5, 5.41) is 0. The summed E-state index contributed by atoms with van der Waals surface area (Å²) in [6.45, 7) is 7.35. The summed E-state index contributed by atoms with van der Waals surface area (Å²) in [5.74, 6) is -0.458. The van der Waals surface area contributed by atoms with E-state index in [4.69, 9.17) is 14.2 Å². The van der Waals surface area contributed by atoms with E-state index in [0.717, 1.165) is 148 Å². The lowest BCUT2D eigenvalue weighted by atomic mass is 10.1. The van der Waals surface area contributed by atoms with E-state index < -0.39 is 6.10 Å². The van der Waals surface area contributed by atoms with Crippen molar-refractivity contribution in [3.63, 3.8) is 0 Å². The Morgan fingerprint density at radius 3 is 0.957 bits per heavy atom. The van der Waals surface area contributed by atoms with Gasteiger partial charge < -0.3 is 14.2 Å². The molecule has 0 amide bonds. The smallest absolute Gasteiger partial charge is 0.306 e. The van der Waals surface area contributed by atoms with Crippen molar-refractivity contribution in [1.29, 1.82) is 0 Å². The molecule has 0 bridgehead atoms. The van der Waals surface area contributed by atoms with Gasteiger partial charge in [-0.3, -0.25) is 9.59 Å². The first-order valence-electron chi connectivity index (χ1n) is 28.4. The van der Waals surface area contributed by atoms with Gasteiger partial charge in [0.2, 0.25) is 0 Å².